The Labute approximate surface area is 123 Å². The van der Waals surface area contributed by atoms with Crippen LogP contribution in [0.5, 0.6) is 5.75 Å². The van der Waals surface area contributed by atoms with Crippen LogP contribution in [0.3, 0.4) is 0 Å². The molecule has 0 aliphatic heterocycles. The van der Waals surface area contributed by atoms with E-state index in [2.05, 4.69) is 10.4 Å². The number of aromatic hydroxyl groups is 1. The summed E-state index contributed by atoms with van der Waals surface area (Å²) < 4.78 is 1.67. The van der Waals surface area contributed by atoms with Crippen molar-refractivity contribution in [3.05, 3.63) is 36.2 Å². The molecule has 0 saturated carbocycles. The highest BCUT2D eigenvalue weighted by molar-refractivity contribution is 5.97. The molecule has 2 atom stereocenters. The summed E-state index contributed by atoms with van der Waals surface area (Å²) in [6, 6.07) is 4.67. The molecule has 0 aliphatic rings. The summed E-state index contributed by atoms with van der Waals surface area (Å²) in [4.78, 5) is 11.7. The Balaban J connectivity index is 2.37. The zero-order valence-electron chi connectivity index (χ0n) is 12.2. The second-order valence-corrected chi connectivity index (χ2v) is 5.00. The second kappa shape index (κ2) is 5.97. The number of hydrogen-bond acceptors (Lipinski definition) is 4. The molecule has 0 saturated heterocycles. The van der Waals surface area contributed by atoms with E-state index >= 15 is 0 Å². The lowest BCUT2D eigenvalue weighted by molar-refractivity contribution is 0.0960. The lowest BCUT2D eigenvalue weighted by Crippen LogP contribution is -2.18. The number of hydrogen-bond donors (Lipinski definition) is 3. The molecule has 112 valence electrons. The van der Waals surface area contributed by atoms with E-state index in [1.165, 1.54) is 13.1 Å². The zero-order valence-corrected chi connectivity index (χ0v) is 12.2. The van der Waals surface area contributed by atoms with E-state index in [9.17, 15) is 15.0 Å². The topological polar surface area (TPSA) is 87.4 Å². The van der Waals surface area contributed by atoms with Gasteiger partial charge in [-0.25, -0.2) is 0 Å². The Kier molecular flexibility index (Phi) is 4.28. The number of rotatable bonds is 4. The third-order valence-electron chi connectivity index (χ3n) is 3.52. The monoisotopic (exact) mass is 289 g/mol. The number of nitrogens with one attached hydrogen (secondary N) is 1. The third-order valence-corrected chi connectivity index (χ3v) is 3.52. The largest absolute Gasteiger partial charge is 0.507 e. The Morgan fingerprint density at radius 2 is 2.05 bits per heavy atom. The number of aliphatic hydroxyl groups excluding tert-OH is 1. The van der Waals surface area contributed by atoms with E-state index in [-0.39, 0.29) is 23.3 Å². The maximum Gasteiger partial charge on any atom is 0.254 e. The molecule has 0 spiro atoms. The standard InChI is InChI=1S/C15H19N3O3/c1-9(10(2)19)18-8-12(7-17-18)11-4-5-14(20)13(6-11)15(21)16-3/h4-10,19-20H,1-3H3,(H,16,21). The van der Waals surface area contributed by atoms with Crippen molar-refractivity contribution in [3.8, 4) is 16.9 Å². The highest BCUT2D eigenvalue weighted by Gasteiger charge is 2.15. The predicted molar refractivity (Wildman–Crippen MR) is 79.1 cm³/mol. The number of phenols is 1. The van der Waals surface area contributed by atoms with Crippen molar-refractivity contribution in [2.75, 3.05) is 7.05 Å². The summed E-state index contributed by atoms with van der Waals surface area (Å²) in [6.07, 6.45) is 2.95. The molecule has 0 fully saturated rings. The van der Waals surface area contributed by atoms with Crippen LogP contribution in [0.25, 0.3) is 11.1 Å². The van der Waals surface area contributed by atoms with Crippen molar-refractivity contribution in [2.45, 2.75) is 26.0 Å². The second-order valence-electron chi connectivity index (χ2n) is 5.00. The van der Waals surface area contributed by atoms with E-state index in [0.29, 0.717) is 0 Å². The van der Waals surface area contributed by atoms with Gasteiger partial charge in [-0.2, -0.15) is 5.10 Å². The number of nitrogens with zero attached hydrogens (tertiary/aromatic N) is 2. The van der Waals surface area contributed by atoms with Crippen molar-refractivity contribution in [1.82, 2.24) is 15.1 Å². The Bertz CT molecular complexity index is 649. The van der Waals surface area contributed by atoms with Crippen LogP contribution < -0.4 is 5.32 Å². The van der Waals surface area contributed by atoms with Crippen LogP contribution in [0.15, 0.2) is 30.6 Å². The molecular weight excluding hydrogens is 270 g/mol. The van der Waals surface area contributed by atoms with E-state index in [1.807, 2.05) is 6.92 Å². The molecule has 2 unspecified atom stereocenters. The normalized spacial score (nSPS) is 13.7. The number of benzene rings is 1. The van der Waals surface area contributed by atoms with Crippen molar-refractivity contribution < 1.29 is 15.0 Å². The van der Waals surface area contributed by atoms with Gasteiger partial charge in [0.1, 0.15) is 5.75 Å². The number of carbonyl (C=O) groups excluding carboxylic acids is 1. The van der Waals surface area contributed by atoms with Gasteiger partial charge in [-0.05, 0) is 31.5 Å². The molecule has 1 aromatic heterocycles. The number of phenolic OH excluding ortho intramolecular Hbond substituents is 1. The van der Waals surface area contributed by atoms with Crippen LogP contribution >= 0.6 is 0 Å². The fourth-order valence-electron chi connectivity index (χ4n) is 1.96. The van der Waals surface area contributed by atoms with Crippen LogP contribution in [0.4, 0.5) is 0 Å². The molecule has 1 amide bonds. The summed E-state index contributed by atoms with van der Waals surface area (Å²) >= 11 is 0. The Morgan fingerprint density at radius 3 is 2.67 bits per heavy atom. The third kappa shape index (κ3) is 3.05. The predicted octanol–water partition coefficient (Wildman–Crippen LogP) is 1.56. The van der Waals surface area contributed by atoms with Gasteiger partial charge in [0.2, 0.25) is 0 Å². The molecule has 2 rings (SSSR count). The van der Waals surface area contributed by atoms with Crippen LogP contribution in [0, 0.1) is 0 Å². The minimum absolute atomic E-state index is 0.0668. The van der Waals surface area contributed by atoms with E-state index in [0.717, 1.165) is 11.1 Å². The minimum atomic E-state index is -0.515. The molecule has 0 aliphatic carbocycles. The maximum atomic E-state index is 11.7. The van der Waals surface area contributed by atoms with Crippen molar-refractivity contribution >= 4 is 5.91 Å². The summed E-state index contributed by atoms with van der Waals surface area (Å²) in [5.41, 5.74) is 1.80. The molecule has 0 radical (unpaired) electrons. The van der Waals surface area contributed by atoms with Gasteiger partial charge in [-0.15, -0.1) is 0 Å². The summed E-state index contributed by atoms with van der Waals surface area (Å²) in [5, 5.41) is 26.0. The van der Waals surface area contributed by atoms with Gasteiger partial charge >= 0.3 is 0 Å². The molecule has 1 aromatic carbocycles. The van der Waals surface area contributed by atoms with Gasteiger partial charge in [0, 0.05) is 18.8 Å². The summed E-state index contributed by atoms with van der Waals surface area (Å²) in [7, 11) is 1.51. The van der Waals surface area contributed by atoms with E-state index < -0.39 is 6.10 Å². The highest BCUT2D eigenvalue weighted by atomic mass is 16.3. The first kappa shape index (κ1) is 15.1. The van der Waals surface area contributed by atoms with E-state index in [4.69, 9.17) is 0 Å². The number of aromatic nitrogens is 2. The lowest BCUT2D eigenvalue weighted by atomic mass is 10.0. The molecule has 21 heavy (non-hydrogen) atoms. The molecule has 6 heteroatoms. The fraction of sp³-hybridized carbons (Fsp3) is 0.333. The van der Waals surface area contributed by atoms with Gasteiger partial charge in [-0.3, -0.25) is 9.48 Å². The molecular formula is C15H19N3O3. The lowest BCUT2D eigenvalue weighted by Gasteiger charge is -2.14. The van der Waals surface area contributed by atoms with Gasteiger partial charge in [0.25, 0.3) is 5.91 Å². The summed E-state index contributed by atoms with van der Waals surface area (Å²) in [6.45, 7) is 3.57. The van der Waals surface area contributed by atoms with Crippen LogP contribution in [-0.4, -0.2) is 39.1 Å². The molecule has 2 aromatic rings. The number of carbonyl (C=O) groups is 1. The van der Waals surface area contributed by atoms with Crippen LogP contribution in [0.1, 0.15) is 30.2 Å². The minimum Gasteiger partial charge on any atom is -0.507 e. The highest BCUT2D eigenvalue weighted by Crippen LogP contribution is 2.26. The average molecular weight is 289 g/mol. The van der Waals surface area contributed by atoms with E-state index in [1.54, 1.807) is 36.1 Å². The van der Waals surface area contributed by atoms with Gasteiger partial charge in [0.05, 0.1) is 23.9 Å². The fourth-order valence-corrected chi connectivity index (χ4v) is 1.96. The zero-order chi connectivity index (χ0) is 15.6. The quantitative estimate of drug-likeness (QED) is 0.797. The maximum absolute atomic E-state index is 11.7. The first-order chi connectivity index (χ1) is 9.93. The molecule has 3 N–H and O–H groups in total. The Hall–Kier alpha value is -2.34. The molecule has 6 nitrogen and oxygen atoms in total. The molecule has 1 heterocycles. The average Bonchev–Trinajstić information content (AvgIpc) is 2.95. The van der Waals surface area contributed by atoms with Gasteiger partial charge in [-0.1, -0.05) is 6.07 Å². The van der Waals surface area contributed by atoms with Crippen LogP contribution in [-0.2, 0) is 0 Å². The van der Waals surface area contributed by atoms with Gasteiger partial charge in [0.15, 0.2) is 0 Å². The van der Waals surface area contributed by atoms with Crippen molar-refractivity contribution in [1.29, 1.82) is 0 Å². The number of amides is 1. The number of aliphatic hydroxyl groups is 1. The summed E-state index contributed by atoms with van der Waals surface area (Å²) in [5.74, 6) is -0.415. The van der Waals surface area contributed by atoms with Gasteiger partial charge < -0.3 is 15.5 Å². The molecule has 0 bridgehead atoms. The first-order valence-electron chi connectivity index (χ1n) is 6.71. The van der Waals surface area contributed by atoms with Crippen molar-refractivity contribution in [3.63, 3.8) is 0 Å². The Morgan fingerprint density at radius 1 is 1.33 bits per heavy atom. The SMILES string of the molecule is CNC(=O)c1cc(-c2cnn(C(C)C(C)O)c2)ccc1O. The van der Waals surface area contributed by atoms with Crippen molar-refractivity contribution in [2.24, 2.45) is 0 Å². The first-order valence-corrected chi connectivity index (χ1v) is 6.71. The smallest absolute Gasteiger partial charge is 0.254 e. The van der Waals surface area contributed by atoms with Crippen LogP contribution in [0.2, 0.25) is 0 Å².